The Morgan fingerprint density at radius 3 is 2.58 bits per heavy atom. The van der Waals surface area contributed by atoms with Crippen LogP contribution < -0.4 is 10.2 Å². The molecule has 100 valence electrons. The Morgan fingerprint density at radius 2 is 1.89 bits per heavy atom. The topological polar surface area (TPSA) is 28.2 Å². The van der Waals surface area contributed by atoms with Gasteiger partial charge in [-0.15, -0.1) is 11.3 Å². The number of rotatable bonds is 2. The molecule has 1 aromatic carbocycles. The first-order valence-corrected chi connectivity index (χ1v) is 7.62. The summed E-state index contributed by atoms with van der Waals surface area (Å²) in [6.07, 6.45) is 0. The maximum absolute atomic E-state index is 5.93. The maximum atomic E-state index is 5.93. The van der Waals surface area contributed by atoms with E-state index in [0.29, 0.717) is 0 Å². The zero-order valence-corrected chi connectivity index (χ0v) is 12.4. The number of aryl methyl sites for hydroxylation is 1. The monoisotopic (exact) mass is 293 g/mol. The van der Waals surface area contributed by atoms with Crippen molar-refractivity contribution in [1.82, 2.24) is 10.3 Å². The van der Waals surface area contributed by atoms with E-state index in [9.17, 15) is 0 Å². The molecule has 1 N–H and O–H groups in total. The van der Waals surface area contributed by atoms with Crippen LogP contribution in [0, 0.1) is 6.92 Å². The standard InChI is InChI=1S/C14H16ClN3S/c1-10-13(11-2-4-12(15)5-3-11)17-14(19-10)18-8-6-16-7-9-18/h2-5,16H,6-9H2,1H3. The lowest BCUT2D eigenvalue weighted by Gasteiger charge is -2.26. The van der Waals surface area contributed by atoms with E-state index < -0.39 is 0 Å². The van der Waals surface area contributed by atoms with Gasteiger partial charge in [-0.05, 0) is 19.1 Å². The van der Waals surface area contributed by atoms with Crippen molar-refractivity contribution in [1.29, 1.82) is 0 Å². The highest BCUT2D eigenvalue weighted by Gasteiger charge is 2.17. The van der Waals surface area contributed by atoms with E-state index in [-0.39, 0.29) is 0 Å². The molecule has 0 bridgehead atoms. The lowest BCUT2D eigenvalue weighted by Crippen LogP contribution is -2.43. The van der Waals surface area contributed by atoms with Gasteiger partial charge in [-0.3, -0.25) is 0 Å². The fraction of sp³-hybridized carbons (Fsp3) is 0.357. The molecule has 0 atom stereocenters. The van der Waals surface area contributed by atoms with Gasteiger partial charge >= 0.3 is 0 Å². The molecule has 2 aromatic rings. The van der Waals surface area contributed by atoms with Gasteiger partial charge in [-0.1, -0.05) is 23.7 Å². The van der Waals surface area contributed by atoms with Crippen LogP contribution in [0.2, 0.25) is 5.02 Å². The minimum Gasteiger partial charge on any atom is -0.346 e. The van der Waals surface area contributed by atoms with Gasteiger partial charge in [0, 0.05) is 41.6 Å². The van der Waals surface area contributed by atoms with Crippen LogP contribution in [0.3, 0.4) is 0 Å². The summed E-state index contributed by atoms with van der Waals surface area (Å²) < 4.78 is 0. The van der Waals surface area contributed by atoms with Gasteiger partial charge in [0.2, 0.25) is 0 Å². The number of thiazole rings is 1. The van der Waals surface area contributed by atoms with Gasteiger partial charge in [0.15, 0.2) is 5.13 Å². The van der Waals surface area contributed by atoms with Crippen LogP contribution in [0.5, 0.6) is 0 Å². The Labute approximate surface area is 122 Å². The van der Waals surface area contributed by atoms with Gasteiger partial charge in [-0.2, -0.15) is 0 Å². The average molecular weight is 294 g/mol. The van der Waals surface area contributed by atoms with Crippen LogP contribution in [-0.4, -0.2) is 31.2 Å². The van der Waals surface area contributed by atoms with Crippen LogP contribution in [0.1, 0.15) is 4.88 Å². The fourth-order valence-corrected chi connectivity index (χ4v) is 3.36. The van der Waals surface area contributed by atoms with Crippen molar-refractivity contribution in [2.24, 2.45) is 0 Å². The molecule has 3 nitrogen and oxygen atoms in total. The first-order chi connectivity index (χ1) is 9.24. The summed E-state index contributed by atoms with van der Waals surface area (Å²) in [7, 11) is 0. The Balaban J connectivity index is 1.90. The number of anilines is 1. The molecule has 0 saturated carbocycles. The summed E-state index contributed by atoms with van der Waals surface area (Å²) in [5, 5.41) is 5.26. The van der Waals surface area contributed by atoms with Crippen molar-refractivity contribution in [2.75, 3.05) is 31.1 Å². The first-order valence-electron chi connectivity index (χ1n) is 6.43. The number of benzene rings is 1. The van der Waals surface area contributed by atoms with E-state index >= 15 is 0 Å². The molecule has 1 fully saturated rings. The number of nitrogens with one attached hydrogen (secondary N) is 1. The highest BCUT2D eigenvalue weighted by molar-refractivity contribution is 7.16. The fourth-order valence-electron chi connectivity index (χ4n) is 2.25. The van der Waals surface area contributed by atoms with E-state index in [0.717, 1.165) is 47.6 Å². The summed E-state index contributed by atoms with van der Waals surface area (Å²) in [4.78, 5) is 8.42. The summed E-state index contributed by atoms with van der Waals surface area (Å²) >= 11 is 7.71. The van der Waals surface area contributed by atoms with Crippen LogP contribution in [0.4, 0.5) is 5.13 Å². The molecular weight excluding hydrogens is 278 g/mol. The van der Waals surface area contributed by atoms with E-state index in [1.807, 2.05) is 24.3 Å². The molecule has 0 aliphatic carbocycles. The first kappa shape index (κ1) is 12.9. The lowest BCUT2D eigenvalue weighted by atomic mass is 10.1. The van der Waals surface area contributed by atoms with Gasteiger partial charge < -0.3 is 10.2 Å². The largest absolute Gasteiger partial charge is 0.346 e. The predicted molar refractivity (Wildman–Crippen MR) is 82.4 cm³/mol. The van der Waals surface area contributed by atoms with Crippen LogP contribution in [-0.2, 0) is 0 Å². The molecule has 0 radical (unpaired) electrons. The number of hydrogen-bond donors (Lipinski definition) is 1. The normalized spacial score (nSPS) is 15.8. The molecule has 2 heterocycles. The van der Waals surface area contributed by atoms with Gasteiger partial charge in [0.1, 0.15) is 0 Å². The molecule has 1 saturated heterocycles. The Bertz CT molecular complexity index is 559. The molecular formula is C14H16ClN3S. The third-order valence-corrected chi connectivity index (χ3v) is 4.57. The highest BCUT2D eigenvalue weighted by Crippen LogP contribution is 2.32. The van der Waals surface area contributed by atoms with E-state index in [1.54, 1.807) is 11.3 Å². The number of hydrogen-bond acceptors (Lipinski definition) is 4. The third-order valence-electron chi connectivity index (χ3n) is 3.29. The lowest BCUT2D eigenvalue weighted by molar-refractivity contribution is 0.588. The minimum absolute atomic E-state index is 0.763. The summed E-state index contributed by atoms with van der Waals surface area (Å²) in [5.41, 5.74) is 2.22. The third kappa shape index (κ3) is 2.76. The smallest absolute Gasteiger partial charge is 0.186 e. The van der Waals surface area contributed by atoms with E-state index in [2.05, 4.69) is 17.1 Å². The van der Waals surface area contributed by atoms with Crippen molar-refractivity contribution in [3.05, 3.63) is 34.2 Å². The van der Waals surface area contributed by atoms with Crippen LogP contribution in [0.15, 0.2) is 24.3 Å². The Hall–Kier alpha value is -1.10. The van der Waals surface area contributed by atoms with Crippen molar-refractivity contribution in [2.45, 2.75) is 6.92 Å². The van der Waals surface area contributed by atoms with Crippen molar-refractivity contribution in [3.8, 4) is 11.3 Å². The summed E-state index contributed by atoms with van der Waals surface area (Å²) in [6, 6.07) is 7.90. The minimum atomic E-state index is 0.763. The molecule has 3 rings (SSSR count). The van der Waals surface area contributed by atoms with E-state index in [4.69, 9.17) is 16.6 Å². The zero-order chi connectivity index (χ0) is 13.2. The number of nitrogens with zero attached hydrogens (tertiary/aromatic N) is 2. The van der Waals surface area contributed by atoms with Crippen LogP contribution in [0.25, 0.3) is 11.3 Å². The second-order valence-corrected chi connectivity index (χ2v) is 6.26. The Kier molecular flexibility index (Phi) is 3.73. The van der Waals surface area contributed by atoms with Gasteiger partial charge in [-0.25, -0.2) is 4.98 Å². The van der Waals surface area contributed by atoms with Crippen molar-refractivity contribution >= 4 is 28.1 Å². The van der Waals surface area contributed by atoms with Gasteiger partial charge in [0.05, 0.1) is 5.69 Å². The molecule has 1 aromatic heterocycles. The number of piperazine rings is 1. The SMILES string of the molecule is Cc1sc(N2CCNCC2)nc1-c1ccc(Cl)cc1. The maximum Gasteiger partial charge on any atom is 0.186 e. The predicted octanol–water partition coefficient (Wildman–Crippen LogP) is 3.18. The molecule has 0 spiro atoms. The molecule has 0 unspecified atom stereocenters. The second-order valence-electron chi connectivity index (χ2n) is 4.65. The number of aromatic nitrogens is 1. The Morgan fingerprint density at radius 1 is 1.21 bits per heavy atom. The molecule has 19 heavy (non-hydrogen) atoms. The summed E-state index contributed by atoms with van der Waals surface area (Å²) in [5.74, 6) is 0. The van der Waals surface area contributed by atoms with E-state index in [1.165, 1.54) is 4.88 Å². The summed E-state index contributed by atoms with van der Waals surface area (Å²) in [6.45, 7) is 6.27. The molecule has 1 aliphatic rings. The van der Waals surface area contributed by atoms with Gasteiger partial charge in [0.25, 0.3) is 0 Å². The second kappa shape index (κ2) is 5.49. The van der Waals surface area contributed by atoms with Crippen LogP contribution >= 0.6 is 22.9 Å². The molecule has 1 aliphatic heterocycles. The average Bonchev–Trinajstić information content (AvgIpc) is 2.83. The quantitative estimate of drug-likeness (QED) is 0.922. The highest BCUT2D eigenvalue weighted by atomic mass is 35.5. The van der Waals surface area contributed by atoms with Crippen molar-refractivity contribution < 1.29 is 0 Å². The molecule has 5 heteroatoms. The molecule has 0 amide bonds. The number of halogens is 1. The zero-order valence-electron chi connectivity index (χ0n) is 10.8. The van der Waals surface area contributed by atoms with Crippen molar-refractivity contribution in [3.63, 3.8) is 0 Å².